The number of hydrogen-bond donors (Lipinski definition) is 1. The van der Waals surface area contributed by atoms with E-state index in [0.717, 1.165) is 45.3 Å². The molecule has 0 bridgehead atoms. The van der Waals surface area contributed by atoms with Crippen LogP contribution in [0.15, 0.2) is 0 Å². The summed E-state index contributed by atoms with van der Waals surface area (Å²) < 4.78 is 13.1. The van der Waals surface area contributed by atoms with Crippen LogP contribution < -0.4 is 15.2 Å². The van der Waals surface area contributed by atoms with Gasteiger partial charge in [-0.3, -0.25) is 9.47 Å². The highest BCUT2D eigenvalue weighted by atomic mass is 16.5. The van der Waals surface area contributed by atoms with Crippen molar-refractivity contribution in [3.63, 3.8) is 0 Å². The summed E-state index contributed by atoms with van der Waals surface area (Å²) in [5.41, 5.74) is 7.59. The SMILES string of the molecule is CCCCOc1nc(N)c2nc(OC)n(CCCCCCN(CCC)C(C)(C)C)c2n1. The molecule has 0 atom stereocenters. The van der Waals surface area contributed by atoms with E-state index < -0.39 is 0 Å². The van der Waals surface area contributed by atoms with Crippen molar-refractivity contribution in [1.29, 1.82) is 0 Å². The van der Waals surface area contributed by atoms with Gasteiger partial charge in [-0.25, -0.2) is 0 Å². The maximum atomic E-state index is 6.11. The van der Waals surface area contributed by atoms with Crippen LogP contribution in [0, 0.1) is 0 Å². The molecule has 2 rings (SSSR count). The zero-order chi connectivity index (χ0) is 22.9. The minimum atomic E-state index is 0.232. The number of anilines is 1. The summed E-state index contributed by atoms with van der Waals surface area (Å²) in [6.07, 6.45) is 7.79. The number of imidazole rings is 1. The third kappa shape index (κ3) is 7.23. The molecule has 2 N–H and O–H groups in total. The van der Waals surface area contributed by atoms with Crippen LogP contribution in [0.25, 0.3) is 11.2 Å². The lowest BCUT2D eigenvalue weighted by atomic mass is 10.0. The molecule has 0 aromatic carbocycles. The van der Waals surface area contributed by atoms with Gasteiger partial charge in [-0.05, 0) is 59.5 Å². The van der Waals surface area contributed by atoms with Gasteiger partial charge in [0.25, 0.3) is 6.01 Å². The molecular weight excluding hydrogens is 392 g/mol. The van der Waals surface area contributed by atoms with Gasteiger partial charge in [0.1, 0.15) is 0 Å². The van der Waals surface area contributed by atoms with Crippen LogP contribution in [0.2, 0.25) is 0 Å². The quantitative estimate of drug-likeness (QED) is 0.432. The molecule has 2 aromatic rings. The number of rotatable bonds is 14. The highest BCUT2D eigenvalue weighted by molar-refractivity contribution is 5.83. The van der Waals surface area contributed by atoms with Crippen molar-refractivity contribution in [3.05, 3.63) is 0 Å². The Morgan fingerprint density at radius 2 is 1.68 bits per heavy atom. The average Bonchev–Trinajstić information content (AvgIpc) is 3.07. The molecule has 8 nitrogen and oxygen atoms in total. The topological polar surface area (TPSA) is 91.3 Å². The second-order valence-corrected chi connectivity index (χ2v) is 9.09. The fraction of sp³-hybridized carbons (Fsp3) is 0.783. The zero-order valence-electron chi connectivity index (χ0n) is 20.4. The van der Waals surface area contributed by atoms with Gasteiger partial charge in [-0.2, -0.15) is 15.0 Å². The van der Waals surface area contributed by atoms with E-state index in [2.05, 4.69) is 54.5 Å². The van der Waals surface area contributed by atoms with E-state index >= 15 is 0 Å². The molecule has 0 aliphatic rings. The van der Waals surface area contributed by atoms with E-state index in [1.54, 1.807) is 7.11 Å². The molecule has 0 aliphatic carbocycles. The highest BCUT2D eigenvalue weighted by Crippen LogP contribution is 2.26. The number of aryl methyl sites for hydroxylation is 1. The number of ether oxygens (including phenoxy) is 2. The van der Waals surface area contributed by atoms with Gasteiger partial charge in [0, 0.05) is 12.1 Å². The lowest BCUT2D eigenvalue weighted by molar-refractivity contribution is 0.133. The van der Waals surface area contributed by atoms with Gasteiger partial charge in [0.2, 0.25) is 0 Å². The van der Waals surface area contributed by atoms with Crippen molar-refractivity contribution in [1.82, 2.24) is 24.4 Å². The number of nitrogens with zero attached hydrogens (tertiary/aromatic N) is 5. The maximum absolute atomic E-state index is 6.11. The first-order valence-corrected chi connectivity index (χ1v) is 11.8. The normalized spacial score (nSPS) is 12.1. The lowest BCUT2D eigenvalue weighted by Gasteiger charge is -2.35. The molecule has 0 saturated heterocycles. The molecule has 0 saturated carbocycles. The summed E-state index contributed by atoms with van der Waals surface area (Å²) in [4.78, 5) is 15.9. The molecule has 176 valence electrons. The van der Waals surface area contributed by atoms with Crippen molar-refractivity contribution in [2.45, 2.75) is 91.6 Å². The van der Waals surface area contributed by atoms with Crippen LogP contribution in [-0.2, 0) is 6.54 Å². The van der Waals surface area contributed by atoms with Gasteiger partial charge in [-0.15, -0.1) is 0 Å². The van der Waals surface area contributed by atoms with Crippen LogP contribution in [0.4, 0.5) is 5.82 Å². The zero-order valence-corrected chi connectivity index (χ0v) is 20.4. The summed E-state index contributed by atoms with van der Waals surface area (Å²) in [6.45, 7) is 14.9. The van der Waals surface area contributed by atoms with E-state index in [4.69, 9.17) is 15.2 Å². The van der Waals surface area contributed by atoms with E-state index in [-0.39, 0.29) is 5.54 Å². The summed E-state index contributed by atoms with van der Waals surface area (Å²) in [6, 6.07) is 0.823. The first kappa shape index (κ1) is 25.2. The summed E-state index contributed by atoms with van der Waals surface area (Å²) in [5.74, 6) is 0.326. The number of hydrogen-bond acceptors (Lipinski definition) is 7. The number of unbranched alkanes of at least 4 members (excludes halogenated alkanes) is 4. The van der Waals surface area contributed by atoms with Gasteiger partial charge in [-0.1, -0.05) is 33.1 Å². The number of methoxy groups -OCH3 is 1. The van der Waals surface area contributed by atoms with Gasteiger partial charge in [0.15, 0.2) is 17.0 Å². The Bertz CT molecular complexity index is 799. The highest BCUT2D eigenvalue weighted by Gasteiger charge is 2.20. The smallest absolute Gasteiger partial charge is 0.320 e. The predicted molar refractivity (Wildman–Crippen MR) is 127 cm³/mol. The third-order valence-electron chi connectivity index (χ3n) is 5.48. The molecule has 8 heteroatoms. The number of aromatic nitrogens is 4. The molecule has 0 spiro atoms. The first-order valence-electron chi connectivity index (χ1n) is 11.8. The Hall–Kier alpha value is -2.09. The monoisotopic (exact) mass is 434 g/mol. The molecule has 0 fully saturated rings. The van der Waals surface area contributed by atoms with Gasteiger partial charge in [0.05, 0.1) is 13.7 Å². The van der Waals surface area contributed by atoms with Crippen molar-refractivity contribution in [3.8, 4) is 12.0 Å². The van der Waals surface area contributed by atoms with Crippen molar-refractivity contribution in [2.24, 2.45) is 0 Å². The molecule has 2 heterocycles. The Morgan fingerprint density at radius 1 is 0.935 bits per heavy atom. The second-order valence-electron chi connectivity index (χ2n) is 9.09. The van der Waals surface area contributed by atoms with Gasteiger partial charge < -0.3 is 15.2 Å². The summed E-state index contributed by atoms with van der Waals surface area (Å²) in [7, 11) is 1.62. The van der Waals surface area contributed by atoms with E-state index in [9.17, 15) is 0 Å². The predicted octanol–water partition coefficient (Wildman–Crippen LogP) is 4.67. The van der Waals surface area contributed by atoms with Crippen molar-refractivity contribution >= 4 is 17.0 Å². The largest absolute Gasteiger partial charge is 0.468 e. The fourth-order valence-electron chi connectivity index (χ4n) is 3.69. The fourth-order valence-corrected chi connectivity index (χ4v) is 3.69. The Kier molecular flexibility index (Phi) is 9.81. The summed E-state index contributed by atoms with van der Waals surface area (Å²) in [5, 5.41) is 0. The molecule has 0 radical (unpaired) electrons. The average molecular weight is 435 g/mol. The standard InChI is InChI=1S/C23H42N6O2/c1-7-9-17-31-21-26-19(24)18-20(27-21)29(22(25-18)30-6)16-13-11-10-12-15-28(14-8-2)23(3,4)5/h7-17H2,1-6H3,(H2,24,26,27). The van der Waals surface area contributed by atoms with Crippen molar-refractivity contribution in [2.75, 3.05) is 32.5 Å². The first-order chi connectivity index (χ1) is 14.8. The number of nitrogens with two attached hydrogens (primary N) is 1. The van der Waals surface area contributed by atoms with Gasteiger partial charge >= 0.3 is 6.01 Å². The second kappa shape index (κ2) is 12.1. The Morgan fingerprint density at radius 3 is 2.32 bits per heavy atom. The summed E-state index contributed by atoms with van der Waals surface area (Å²) >= 11 is 0. The third-order valence-corrected chi connectivity index (χ3v) is 5.48. The van der Waals surface area contributed by atoms with Crippen LogP contribution in [-0.4, -0.2) is 56.8 Å². The van der Waals surface area contributed by atoms with Crippen LogP contribution in [0.5, 0.6) is 12.0 Å². The molecular formula is C23H42N6O2. The Balaban J connectivity index is 1.96. The molecule has 2 aromatic heterocycles. The molecule has 0 amide bonds. The van der Waals surface area contributed by atoms with Crippen LogP contribution in [0.3, 0.4) is 0 Å². The number of fused-ring (bicyclic) bond motifs is 1. The lowest BCUT2D eigenvalue weighted by Crippen LogP contribution is -2.42. The molecule has 31 heavy (non-hydrogen) atoms. The van der Waals surface area contributed by atoms with E-state index in [0.29, 0.717) is 35.6 Å². The maximum Gasteiger partial charge on any atom is 0.320 e. The molecule has 0 unspecified atom stereocenters. The van der Waals surface area contributed by atoms with E-state index in [1.165, 1.54) is 19.3 Å². The van der Waals surface area contributed by atoms with Crippen molar-refractivity contribution < 1.29 is 9.47 Å². The molecule has 0 aliphatic heterocycles. The van der Waals surface area contributed by atoms with Crippen LogP contribution in [0.1, 0.15) is 79.6 Å². The minimum Gasteiger partial charge on any atom is -0.468 e. The van der Waals surface area contributed by atoms with Crippen LogP contribution >= 0.6 is 0 Å². The van der Waals surface area contributed by atoms with E-state index in [1.807, 2.05) is 4.57 Å². The Labute approximate surface area is 187 Å². The number of nitrogen functional groups attached to an aromatic ring is 1. The minimum absolute atomic E-state index is 0.232.